The number of carbonyl (C=O) groups excluding carboxylic acids is 1. The second-order valence-electron chi connectivity index (χ2n) is 4.97. The molecule has 0 fully saturated rings. The number of hydrogen-bond acceptors (Lipinski definition) is 3. The molecule has 0 aliphatic carbocycles. The van der Waals surface area contributed by atoms with Crippen LogP contribution >= 0.6 is 0 Å². The van der Waals surface area contributed by atoms with Gasteiger partial charge in [-0.1, -0.05) is 36.4 Å². The first kappa shape index (κ1) is 15.1. The summed E-state index contributed by atoms with van der Waals surface area (Å²) in [6.45, 7) is 2.90. The maximum atomic E-state index is 12.3. The highest BCUT2D eigenvalue weighted by Crippen LogP contribution is 2.16. The van der Waals surface area contributed by atoms with Crippen molar-refractivity contribution in [1.29, 1.82) is 0 Å². The van der Waals surface area contributed by atoms with Gasteiger partial charge >= 0.3 is 0 Å². The van der Waals surface area contributed by atoms with Crippen molar-refractivity contribution >= 4 is 11.6 Å². The van der Waals surface area contributed by atoms with Gasteiger partial charge in [-0.15, -0.1) is 0 Å². The number of aryl methyl sites for hydroxylation is 1. The summed E-state index contributed by atoms with van der Waals surface area (Å²) < 4.78 is 5.11. The first-order valence-electron chi connectivity index (χ1n) is 6.82. The van der Waals surface area contributed by atoms with Crippen LogP contribution in [0.2, 0.25) is 0 Å². The maximum absolute atomic E-state index is 12.3. The molecule has 0 saturated heterocycles. The second kappa shape index (κ2) is 6.90. The largest absolute Gasteiger partial charge is 0.398 e. The van der Waals surface area contributed by atoms with Crippen molar-refractivity contribution in [3.63, 3.8) is 0 Å². The Labute approximate surface area is 124 Å². The van der Waals surface area contributed by atoms with Gasteiger partial charge in [-0.25, -0.2) is 0 Å². The van der Waals surface area contributed by atoms with E-state index in [9.17, 15) is 4.79 Å². The minimum Gasteiger partial charge on any atom is -0.398 e. The van der Waals surface area contributed by atoms with Gasteiger partial charge in [0.05, 0.1) is 12.2 Å². The fourth-order valence-corrected chi connectivity index (χ4v) is 2.27. The summed E-state index contributed by atoms with van der Waals surface area (Å²) >= 11 is 0. The van der Waals surface area contributed by atoms with Crippen molar-refractivity contribution in [1.82, 2.24) is 5.32 Å². The highest BCUT2D eigenvalue weighted by atomic mass is 16.5. The topological polar surface area (TPSA) is 64.3 Å². The van der Waals surface area contributed by atoms with Gasteiger partial charge in [-0.2, -0.15) is 0 Å². The summed E-state index contributed by atoms with van der Waals surface area (Å²) in [6, 6.07) is 13.4. The van der Waals surface area contributed by atoms with Crippen LogP contribution in [0.1, 0.15) is 27.0 Å². The van der Waals surface area contributed by atoms with Gasteiger partial charge in [-0.3, -0.25) is 4.79 Å². The van der Waals surface area contributed by atoms with E-state index in [0.29, 0.717) is 24.4 Å². The van der Waals surface area contributed by atoms with Crippen LogP contribution in [0.3, 0.4) is 0 Å². The average Bonchev–Trinajstić information content (AvgIpc) is 2.46. The molecule has 2 rings (SSSR count). The number of benzene rings is 2. The molecule has 2 aromatic carbocycles. The zero-order valence-electron chi connectivity index (χ0n) is 12.3. The lowest BCUT2D eigenvalue weighted by atomic mass is 10.1. The van der Waals surface area contributed by atoms with E-state index in [-0.39, 0.29) is 5.91 Å². The summed E-state index contributed by atoms with van der Waals surface area (Å²) in [5, 5.41) is 2.91. The fourth-order valence-electron chi connectivity index (χ4n) is 2.27. The predicted octanol–water partition coefficient (Wildman–Crippen LogP) is 2.65. The van der Waals surface area contributed by atoms with Gasteiger partial charge in [0.15, 0.2) is 0 Å². The lowest BCUT2D eigenvalue weighted by Gasteiger charge is -2.11. The van der Waals surface area contributed by atoms with E-state index in [2.05, 4.69) is 5.32 Å². The Kier molecular flexibility index (Phi) is 4.95. The maximum Gasteiger partial charge on any atom is 0.253 e. The molecular formula is C17H20N2O2. The molecule has 0 atom stereocenters. The van der Waals surface area contributed by atoms with Gasteiger partial charge < -0.3 is 15.8 Å². The van der Waals surface area contributed by atoms with E-state index in [1.54, 1.807) is 13.2 Å². The van der Waals surface area contributed by atoms with Crippen LogP contribution < -0.4 is 11.1 Å². The summed E-state index contributed by atoms with van der Waals surface area (Å²) in [5.41, 5.74) is 9.92. The van der Waals surface area contributed by atoms with Crippen LogP contribution in [0, 0.1) is 6.92 Å². The fraction of sp³-hybridized carbons (Fsp3) is 0.235. The minimum atomic E-state index is -0.150. The smallest absolute Gasteiger partial charge is 0.253 e. The molecule has 4 nitrogen and oxygen atoms in total. The van der Waals surface area contributed by atoms with Crippen molar-refractivity contribution in [2.45, 2.75) is 20.1 Å². The van der Waals surface area contributed by atoms with Gasteiger partial charge in [-0.05, 0) is 29.7 Å². The Hall–Kier alpha value is -2.33. The van der Waals surface area contributed by atoms with Gasteiger partial charge in [0.1, 0.15) is 0 Å². The SMILES string of the molecule is COCc1cccc(CNC(=O)c2c(C)cccc2N)c1. The molecule has 0 radical (unpaired) electrons. The molecule has 0 aliphatic heterocycles. The van der Waals surface area contributed by atoms with E-state index in [1.165, 1.54) is 0 Å². The second-order valence-corrected chi connectivity index (χ2v) is 4.97. The third-order valence-electron chi connectivity index (χ3n) is 3.29. The van der Waals surface area contributed by atoms with Crippen molar-refractivity contribution in [2.24, 2.45) is 0 Å². The molecule has 0 saturated carbocycles. The first-order chi connectivity index (χ1) is 10.1. The minimum absolute atomic E-state index is 0.150. The molecule has 0 aliphatic rings. The van der Waals surface area contributed by atoms with Crippen molar-refractivity contribution in [2.75, 3.05) is 12.8 Å². The van der Waals surface area contributed by atoms with E-state index in [0.717, 1.165) is 16.7 Å². The standard InChI is InChI=1S/C17H20N2O2/c1-12-5-3-8-15(18)16(12)17(20)19-10-13-6-4-7-14(9-13)11-21-2/h3-9H,10-11,18H2,1-2H3,(H,19,20). The Morgan fingerprint density at radius 2 is 1.90 bits per heavy atom. The summed E-state index contributed by atoms with van der Waals surface area (Å²) in [4.78, 5) is 12.3. The average molecular weight is 284 g/mol. The normalized spacial score (nSPS) is 10.4. The molecule has 3 N–H and O–H groups in total. The molecule has 0 spiro atoms. The predicted molar refractivity (Wildman–Crippen MR) is 83.9 cm³/mol. The summed E-state index contributed by atoms with van der Waals surface area (Å²) in [7, 11) is 1.66. The number of anilines is 1. The molecular weight excluding hydrogens is 264 g/mol. The molecule has 4 heteroatoms. The van der Waals surface area contributed by atoms with Crippen LogP contribution in [0.25, 0.3) is 0 Å². The number of rotatable bonds is 5. The van der Waals surface area contributed by atoms with Gasteiger partial charge in [0, 0.05) is 19.3 Å². The number of nitrogen functional groups attached to an aromatic ring is 1. The molecule has 1 amide bonds. The molecule has 0 bridgehead atoms. The number of nitrogens with one attached hydrogen (secondary N) is 1. The molecule has 0 unspecified atom stereocenters. The van der Waals surface area contributed by atoms with Crippen molar-refractivity contribution < 1.29 is 9.53 Å². The van der Waals surface area contributed by atoms with E-state index in [4.69, 9.17) is 10.5 Å². The van der Waals surface area contributed by atoms with Crippen LogP contribution in [0.4, 0.5) is 5.69 Å². The third kappa shape index (κ3) is 3.83. The monoisotopic (exact) mass is 284 g/mol. The number of carbonyl (C=O) groups is 1. The zero-order chi connectivity index (χ0) is 15.2. The quantitative estimate of drug-likeness (QED) is 0.830. The number of amides is 1. The van der Waals surface area contributed by atoms with Gasteiger partial charge in [0.25, 0.3) is 5.91 Å². The summed E-state index contributed by atoms with van der Waals surface area (Å²) in [5.74, 6) is -0.150. The van der Waals surface area contributed by atoms with E-state index in [1.807, 2.05) is 43.3 Å². The number of ether oxygens (including phenoxy) is 1. The molecule has 110 valence electrons. The van der Waals surface area contributed by atoms with Crippen LogP contribution in [-0.2, 0) is 17.9 Å². The number of nitrogens with two attached hydrogens (primary N) is 1. The Morgan fingerprint density at radius 3 is 2.62 bits per heavy atom. The molecule has 2 aromatic rings. The highest BCUT2D eigenvalue weighted by Gasteiger charge is 2.11. The first-order valence-corrected chi connectivity index (χ1v) is 6.82. The third-order valence-corrected chi connectivity index (χ3v) is 3.29. The summed E-state index contributed by atoms with van der Waals surface area (Å²) in [6.07, 6.45) is 0. The van der Waals surface area contributed by atoms with Crippen LogP contribution in [0.15, 0.2) is 42.5 Å². The number of hydrogen-bond donors (Lipinski definition) is 2. The molecule has 0 aromatic heterocycles. The molecule has 21 heavy (non-hydrogen) atoms. The Bertz CT molecular complexity index is 618. The van der Waals surface area contributed by atoms with E-state index >= 15 is 0 Å². The van der Waals surface area contributed by atoms with Crippen molar-refractivity contribution in [3.8, 4) is 0 Å². The molecule has 0 heterocycles. The van der Waals surface area contributed by atoms with E-state index < -0.39 is 0 Å². The van der Waals surface area contributed by atoms with Crippen molar-refractivity contribution in [3.05, 3.63) is 64.7 Å². The Balaban J connectivity index is 2.06. The lowest BCUT2D eigenvalue weighted by Crippen LogP contribution is -2.24. The van der Waals surface area contributed by atoms with Crippen LogP contribution in [0.5, 0.6) is 0 Å². The number of methoxy groups -OCH3 is 1. The Morgan fingerprint density at radius 1 is 1.19 bits per heavy atom. The van der Waals surface area contributed by atoms with Crippen LogP contribution in [-0.4, -0.2) is 13.0 Å². The lowest BCUT2D eigenvalue weighted by molar-refractivity contribution is 0.0951. The van der Waals surface area contributed by atoms with Gasteiger partial charge in [0.2, 0.25) is 0 Å². The zero-order valence-corrected chi connectivity index (χ0v) is 12.3. The highest BCUT2D eigenvalue weighted by molar-refractivity contribution is 6.00.